The molecule has 0 heterocycles. The zero-order chi connectivity index (χ0) is 19.6. The first-order valence-electron chi connectivity index (χ1n) is 9.94. The van der Waals surface area contributed by atoms with Crippen LogP contribution in [0.5, 0.6) is 11.5 Å². The predicted octanol–water partition coefficient (Wildman–Crippen LogP) is 6.62. The molecule has 0 saturated heterocycles. The van der Waals surface area contributed by atoms with Crippen LogP contribution in [0, 0.1) is 17.8 Å². The number of ether oxygens (including phenoxy) is 2. The van der Waals surface area contributed by atoms with Crippen molar-refractivity contribution in [3.63, 3.8) is 0 Å². The van der Waals surface area contributed by atoms with Crippen molar-refractivity contribution in [2.45, 2.75) is 53.6 Å². The number of benzene rings is 2. The van der Waals surface area contributed by atoms with Gasteiger partial charge in [0.05, 0.1) is 5.92 Å². The molecular formula is C24H32O3. The molecule has 0 bridgehead atoms. The molecule has 0 amide bonds. The van der Waals surface area contributed by atoms with E-state index in [2.05, 4.69) is 27.7 Å². The van der Waals surface area contributed by atoms with E-state index >= 15 is 0 Å². The van der Waals surface area contributed by atoms with Gasteiger partial charge in [0, 0.05) is 0 Å². The highest BCUT2D eigenvalue weighted by Gasteiger charge is 2.23. The smallest absolute Gasteiger partial charge is 0.309 e. The van der Waals surface area contributed by atoms with Crippen LogP contribution in [0.4, 0.5) is 0 Å². The van der Waals surface area contributed by atoms with Crippen molar-refractivity contribution in [2.75, 3.05) is 0 Å². The molecule has 0 aromatic heterocycles. The van der Waals surface area contributed by atoms with Gasteiger partial charge in [-0.2, -0.15) is 0 Å². The van der Waals surface area contributed by atoms with Crippen molar-refractivity contribution < 1.29 is 14.3 Å². The summed E-state index contributed by atoms with van der Waals surface area (Å²) in [6.45, 7) is 8.89. The monoisotopic (exact) mass is 368 g/mol. The molecule has 3 heteroatoms. The maximum Gasteiger partial charge on any atom is 0.309 e. The predicted molar refractivity (Wildman–Crippen MR) is 110 cm³/mol. The summed E-state index contributed by atoms with van der Waals surface area (Å²) in [5.41, 5.74) is 0.932. The van der Waals surface area contributed by atoms with E-state index in [1.807, 2.05) is 54.6 Å². The van der Waals surface area contributed by atoms with Gasteiger partial charge in [-0.05, 0) is 48.1 Å². The zero-order valence-electron chi connectivity index (χ0n) is 17.0. The molecule has 0 N–H and O–H groups in total. The molecule has 0 saturated carbocycles. The quantitative estimate of drug-likeness (QED) is 0.442. The second-order valence-electron chi connectivity index (χ2n) is 7.85. The van der Waals surface area contributed by atoms with Gasteiger partial charge in [-0.15, -0.1) is 0 Å². The minimum atomic E-state index is -0.0943. The average molecular weight is 369 g/mol. The lowest BCUT2D eigenvalue weighted by molar-refractivity contribution is -0.151. The van der Waals surface area contributed by atoms with E-state index in [1.165, 1.54) is 0 Å². The Hall–Kier alpha value is -2.29. The van der Waals surface area contributed by atoms with Crippen LogP contribution in [0.1, 0.15) is 52.5 Å². The van der Waals surface area contributed by atoms with Crippen molar-refractivity contribution in [3.8, 4) is 11.5 Å². The number of carbonyl (C=O) groups is 1. The molecule has 0 radical (unpaired) electrons. The van der Waals surface area contributed by atoms with E-state index in [9.17, 15) is 4.79 Å². The molecule has 0 aliphatic carbocycles. The van der Waals surface area contributed by atoms with E-state index in [4.69, 9.17) is 9.47 Å². The van der Waals surface area contributed by atoms with Crippen LogP contribution in [0.3, 0.4) is 0 Å². The van der Waals surface area contributed by atoms with E-state index < -0.39 is 0 Å². The summed E-state index contributed by atoms with van der Waals surface area (Å²) in [6, 6.07) is 17.4. The number of rotatable bonds is 10. The highest BCUT2D eigenvalue weighted by Crippen LogP contribution is 2.24. The topological polar surface area (TPSA) is 35.5 Å². The average Bonchev–Trinajstić information content (AvgIpc) is 2.64. The van der Waals surface area contributed by atoms with Gasteiger partial charge in [0.2, 0.25) is 0 Å². The first-order valence-corrected chi connectivity index (χ1v) is 9.94. The second kappa shape index (κ2) is 10.8. The Labute approximate surface area is 163 Å². The number of para-hydroxylation sites is 1. The van der Waals surface area contributed by atoms with Gasteiger partial charge < -0.3 is 9.47 Å². The fraction of sp³-hybridized carbons (Fsp3) is 0.458. The molecule has 146 valence electrons. The lowest BCUT2D eigenvalue weighted by Crippen LogP contribution is -2.23. The van der Waals surface area contributed by atoms with Crippen LogP contribution in [0.2, 0.25) is 0 Å². The Bertz CT molecular complexity index is 692. The molecule has 1 unspecified atom stereocenters. The SMILES string of the molecule is CC(C)CCCC(C(=O)OCc1cccc(Oc2ccccc2)c1)C(C)C. The van der Waals surface area contributed by atoms with Gasteiger partial charge in [-0.1, -0.05) is 70.9 Å². The summed E-state index contributed by atoms with van der Waals surface area (Å²) in [4.78, 5) is 12.6. The summed E-state index contributed by atoms with van der Waals surface area (Å²) in [5.74, 6) is 2.36. The number of hydrogen-bond donors (Lipinski definition) is 0. The third kappa shape index (κ3) is 7.46. The third-order valence-electron chi connectivity index (χ3n) is 4.66. The summed E-state index contributed by atoms with van der Waals surface area (Å²) in [7, 11) is 0. The minimum Gasteiger partial charge on any atom is -0.461 e. The first-order chi connectivity index (χ1) is 13.0. The molecule has 3 nitrogen and oxygen atoms in total. The second-order valence-corrected chi connectivity index (χ2v) is 7.85. The van der Waals surface area contributed by atoms with Gasteiger partial charge in [0.1, 0.15) is 18.1 Å². The summed E-state index contributed by atoms with van der Waals surface area (Å²) in [6.07, 6.45) is 3.11. The van der Waals surface area contributed by atoms with Crippen molar-refractivity contribution >= 4 is 5.97 Å². The normalized spacial score (nSPS) is 12.2. The van der Waals surface area contributed by atoms with Crippen molar-refractivity contribution in [2.24, 2.45) is 17.8 Å². The van der Waals surface area contributed by atoms with Crippen LogP contribution >= 0.6 is 0 Å². The summed E-state index contributed by atoms with van der Waals surface area (Å²) >= 11 is 0. The van der Waals surface area contributed by atoms with Crippen LogP contribution in [0.15, 0.2) is 54.6 Å². The van der Waals surface area contributed by atoms with Crippen molar-refractivity contribution in [3.05, 3.63) is 60.2 Å². The summed E-state index contributed by atoms with van der Waals surface area (Å²) < 4.78 is 11.5. The molecule has 0 spiro atoms. The molecule has 0 aliphatic rings. The van der Waals surface area contributed by atoms with E-state index in [-0.39, 0.29) is 24.4 Å². The van der Waals surface area contributed by atoms with E-state index in [1.54, 1.807) is 0 Å². The van der Waals surface area contributed by atoms with Crippen molar-refractivity contribution in [1.29, 1.82) is 0 Å². The molecule has 2 aromatic carbocycles. The number of esters is 1. The van der Waals surface area contributed by atoms with Crippen LogP contribution in [0.25, 0.3) is 0 Å². The maximum atomic E-state index is 12.6. The fourth-order valence-corrected chi connectivity index (χ4v) is 3.05. The largest absolute Gasteiger partial charge is 0.461 e. The highest BCUT2D eigenvalue weighted by molar-refractivity contribution is 5.72. The van der Waals surface area contributed by atoms with E-state index in [0.717, 1.165) is 36.3 Å². The summed E-state index contributed by atoms with van der Waals surface area (Å²) in [5, 5.41) is 0. The highest BCUT2D eigenvalue weighted by atomic mass is 16.5. The zero-order valence-corrected chi connectivity index (χ0v) is 17.0. The van der Waals surface area contributed by atoms with Crippen molar-refractivity contribution in [1.82, 2.24) is 0 Å². The molecule has 27 heavy (non-hydrogen) atoms. The molecule has 1 atom stereocenters. The molecule has 2 aromatic rings. The lowest BCUT2D eigenvalue weighted by Gasteiger charge is -2.20. The molecule has 0 aliphatic heterocycles. The third-order valence-corrected chi connectivity index (χ3v) is 4.66. The Morgan fingerprint density at radius 1 is 0.889 bits per heavy atom. The standard InChI is InChI=1S/C24H32O3/c1-18(2)10-8-15-23(19(3)4)24(25)26-17-20-11-9-14-22(16-20)27-21-12-6-5-7-13-21/h5-7,9,11-14,16,18-19,23H,8,10,15,17H2,1-4H3. The number of carbonyl (C=O) groups excluding carboxylic acids is 1. The number of hydrogen-bond acceptors (Lipinski definition) is 3. The molecular weight excluding hydrogens is 336 g/mol. The van der Waals surface area contributed by atoms with Crippen LogP contribution < -0.4 is 4.74 Å². The van der Waals surface area contributed by atoms with Gasteiger partial charge in [0.25, 0.3) is 0 Å². The van der Waals surface area contributed by atoms with E-state index in [0.29, 0.717) is 5.92 Å². The van der Waals surface area contributed by atoms with Gasteiger partial charge in [-0.25, -0.2) is 0 Å². The van der Waals surface area contributed by atoms with Gasteiger partial charge in [-0.3, -0.25) is 4.79 Å². The Kier molecular flexibility index (Phi) is 8.38. The van der Waals surface area contributed by atoms with Crippen LogP contribution in [-0.2, 0) is 16.1 Å². The van der Waals surface area contributed by atoms with Crippen LogP contribution in [-0.4, -0.2) is 5.97 Å². The van der Waals surface area contributed by atoms with Gasteiger partial charge >= 0.3 is 5.97 Å². The minimum absolute atomic E-state index is 0.0347. The maximum absolute atomic E-state index is 12.6. The fourth-order valence-electron chi connectivity index (χ4n) is 3.05. The Morgan fingerprint density at radius 2 is 1.59 bits per heavy atom. The Balaban J connectivity index is 1.90. The molecule has 0 fully saturated rings. The lowest BCUT2D eigenvalue weighted by atomic mass is 9.89. The first kappa shape index (κ1) is 21.0. The molecule has 2 rings (SSSR count). The van der Waals surface area contributed by atoms with Gasteiger partial charge in [0.15, 0.2) is 0 Å². The Morgan fingerprint density at radius 3 is 2.26 bits per heavy atom.